The highest BCUT2D eigenvalue weighted by atomic mass is 16.4. The molecule has 2 N–H and O–H groups in total. The molecule has 2 aromatic carbocycles. The summed E-state index contributed by atoms with van der Waals surface area (Å²) >= 11 is 0. The summed E-state index contributed by atoms with van der Waals surface area (Å²) in [6.07, 6.45) is 0. The van der Waals surface area contributed by atoms with Gasteiger partial charge in [0, 0.05) is 37.6 Å². The Kier molecular flexibility index (Phi) is 4.13. The summed E-state index contributed by atoms with van der Waals surface area (Å²) in [6.45, 7) is 3.80. The second kappa shape index (κ2) is 6.20. The van der Waals surface area contributed by atoms with Crippen molar-refractivity contribution in [2.24, 2.45) is 0 Å². The van der Waals surface area contributed by atoms with Crippen molar-refractivity contribution in [1.82, 2.24) is 0 Å². The molecule has 4 nitrogen and oxygen atoms in total. The van der Waals surface area contributed by atoms with Crippen LogP contribution in [0, 0.1) is 0 Å². The number of hydrogen-bond donors (Lipinski definition) is 2. The van der Waals surface area contributed by atoms with Crippen LogP contribution in [0.3, 0.4) is 0 Å². The Labute approximate surface area is 125 Å². The molecule has 108 valence electrons. The minimum absolute atomic E-state index is 0.540. The molecule has 0 aromatic heterocycles. The van der Waals surface area contributed by atoms with Gasteiger partial charge in [0.15, 0.2) is 0 Å². The van der Waals surface area contributed by atoms with Crippen LogP contribution in [0.15, 0.2) is 54.6 Å². The topological polar surface area (TPSA) is 46.9 Å². The first-order chi connectivity index (χ1) is 10.2. The summed E-state index contributed by atoms with van der Waals surface area (Å²) in [4.78, 5) is 4.66. The highest BCUT2D eigenvalue weighted by molar-refractivity contribution is 6.58. The van der Waals surface area contributed by atoms with Gasteiger partial charge in [0.05, 0.1) is 0 Å². The van der Waals surface area contributed by atoms with E-state index in [0.717, 1.165) is 31.9 Å². The summed E-state index contributed by atoms with van der Waals surface area (Å²) in [6, 6.07) is 17.9. The first-order valence-electron chi connectivity index (χ1n) is 7.25. The third-order valence-corrected chi connectivity index (χ3v) is 3.93. The van der Waals surface area contributed by atoms with Crippen LogP contribution in [0.25, 0.3) is 0 Å². The lowest BCUT2D eigenvalue weighted by Crippen LogP contribution is -2.46. The van der Waals surface area contributed by atoms with Crippen LogP contribution < -0.4 is 15.3 Å². The molecular weight excluding hydrogens is 263 g/mol. The average molecular weight is 282 g/mol. The molecule has 1 aliphatic rings. The summed E-state index contributed by atoms with van der Waals surface area (Å²) < 4.78 is 0. The lowest BCUT2D eigenvalue weighted by molar-refractivity contribution is 0.426. The highest BCUT2D eigenvalue weighted by Crippen LogP contribution is 2.19. The van der Waals surface area contributed by atoms with E-state index in [0.29, 0.717) is 5.46 Å². The predicted molar refractivity (Wildman–Crippen MR) is 87.1 cm³/mol. The SMILES string of the molecule is OB(O)c1cccc(N2CCN(c3ccccc3)CC2)c1. The monoisotopic (exact) mass is 282 g/mol. The van der Waals surface area contributed by atoms with Crippen molar-refractivity contribution in [2.45, 2.75) is 0 Å². The molecule has 1 saturated heterocycles. The molecule has 2 aromatic rings. The van der Waals surface area contributed by atoms with E-state index >= 15 is 0 Å². The number of benzene rings is 2. The molecule has 0 saturated carbocycles. The van der Waals surface area contributed by atoms with Gasteiger partial charge >= 0.3 is 7.12 Å². The van der Waals surface area contributed by atoms with Gasteiger partial charge in [-0.3, -0.25) is 0 Å². The Balaban J connectivity index is 1.67. The lowest BCUT2D eigenvalue weighted by Gasteiger charge is -2.37. The average Bonchev–Trinajstić information content (AvgIpc) is 2.56. The van der Waals surface area contributed by atoms with E-state index < -0.39 is 7.12 Å². The maximum atomic E-state index is 9.27. The number of para-hydroxylation sites is 1. The largest absolute Gasteiger partial charge is 0.488 e. The fourth-order valence-electron chi connectivity index (χ4n) is 2.74. The number of nitrogens with zero attached hydrogens (tertiary/aromatic N) is 2. The molecule has 0 aliphatic carbocycles. The van der Waals surface area contributed by atoms with Crippen molar-refractivity contribution >= 4 is 24.0 Å². The van der Waals surface area contributed by atoms with E-state index in [-0.39, 0.29) is 0 Å². The van der Waals surface area contributed by atoms with Gasteiger partial charge in [0.1, 0.15) is 0 Å². The molecular formula is C16H19BN2O2. The van der Waals surface area contributed by atoms with Gasteiger partial charge < -0.3 is 19.8 Å². The van der Waals surface area contributed by atoms with Crippen molar-refractivity contribution in [3.05, 3.63) is 54.6 Å². The third-order valence-electron chi connectivity index (χ3n) is 3.93. The highest BCUT2D eigenvalue weighted by Gasteiger charge is 2.19. The molecule has 5 heteroatoms. The van der Waals surface area contributed by atoms with Crippen molar-refractivity contribution in [2.75, 3.05) is 36.0 Å². The van der Waals surface area contributed by atoms with E-state index in [9.17, 15) is 10.0 Å². The normalized spacial score (nSPS) is 15.1. The van der Waals surface area contributed by atoms with Crippen molar-refractivity contribution in [1.29, 1.82) is 0 Å². The number of piperazine rings is 1. The van der Waals surface area contributed by atoms with Gasteiger partial charge in [-0.1, -0.05) is 30.3 Å². The first kappa shape index (κ1) is 14.0. The molecule has 21 heavy (non-hydrogen) atoms. The smallest absolute Gasteiger partial charge is 0.423 e. The molecule has 1 fully saturated rings. The van der Waals surface area contributed by atoms with E-state index in [2.05, 4.69) is 34.1 Å². The van der Waals surface area contributed by atoms with Crippen LogP contribution in [-0.4, -0.2) is 43.3 Å². The fraction of sp³-hybridized carbons (Fsp3) is 0.250. The third kappa shape index (κ3) is 3.20. The molecule has 0 amide bonds. The van der Waals surface area contributed by atoms with Crippen LogP contribution in [0.5, 0.6) is 0 Å². The quantitative estimate of drug-likeness (QED) is 0.813. The molecule has 0 atom stereocenters. The Morgan fingerprint density at radius 3 is 1.90 bits per heavy atom. The zero-order valence-electron chi connectivity index (χ0n) is 11.9. The Morgan fingerprint density at radius 1 is 0.714 bits per heavy atom. The standard InChI is InChI=1S/C16H19BN2O2/c20-17(21)14-5-4-8-16(13-14)19-11-9-18(10-12-19)15-6-2-1-3-7-15/h1-8,13,20-21H,9-12H2. The second-order valence-electron chi connectivity index (χ2n) is 5.28. The predicted octanol–water partition coefficient (Wildman–Crippen LogP) is 0.693. The number of rotatable bonds is 3. The fourth-order valence-corrected chi connectivity index (χ4v) is 2.74. The molecule has 1 aliphatic heterocycles. The van der Waals surface area contributed by atoms with Crippen molar-refractivity contribution in [3.8, 4) is 0 Å². The Bertz CT molecular complexity index is 584. The second-order valence-corrected chi connectivity index (χ2v) is 5.28. The zero-order valence-corrected chi connectivity index (χ0v) is 11.9. The Morgan fingerprint density at radius 2 is 1.29 bits per heavy atom. The minimum atomic E-state index is -1.41. The summed E-state index contributed by atoms with van der Waals surface area (Å²) in [7, 11) is -1.41. The van der Waals surface area contributed by atoms with Gasteiger partial charge in [-0.15, -0.1) is 0 Å². The van der Waals surface area contributed by atoms with Crippen LogP contribution in [0.4, 0.5) is 11.4 Å². The van der Waals surface area contributed by atoms with Gasteiger partial charge in [-0.05, 0) is 29.7 Å². The molecule has 0 unspecified atom stereocenters. The maximum Gasteiger partial charge on any atom is 0.488 e. The molecule has 0 spiro atoms. The van der Waals surface area contributed by atoms with Crippen LogP contribution >= 0.6 is 0 Å². The van der Waals surface area contributed by atoms with E-state index in [1.165, 1.54) is 5.69 Å². The molecule has 0 radical (unpaired) electrons. The minimum Gasteiger partial charge on any atom is -0.423 e. The van der Waals surface area contributed by atoms with Gasteiger partial charge in [-0.25, -0.2) is 0 Å². The lowest BCUT2D eigenvalue weighted by atomic mass is 9.80. The summed E-state index contributed by atoms with van der Waals surface area (Å²) in [5.74, 6) is 0. The number of hydrogen-bond acceptors (Lipinski definition) is 4. The summed E-state index contributed by atoms with van der Waals surface area (Å²) in [5, 5.41) is 18.5. The molecule has 1 heterocycles. The van der Waals surface area contributed by atoms with Crippen LogP contribution in [0.1, 0.15) is 0 Å². The number of anilines is 2. The van der Waals surface area contributed by atoms with Crippen LogP contribution in [-0.2, 0) is 0 Å². The molecule has 3 rings (SSSR count). The first-order valence-corrected chi connectivity index (χ1v) is 7.25. The molecule has 0 bridgehead atoms. The van der Waals surface area contributed by atoms with Crippen molar-refractivity contribution in [3.63, 3.8) is 0 Å². The van der Waals surface area contributed by atoms with Crippen molar-refractivity contribution < 1.29 is 10.0 Å². The van der Waals surface area contributed by atoms with Crippen LogP contribution in [0.2, 0.25) is 0 Å². The van der Waals surface area contributed by atoms with E-state index in [1.54, 1.807) is 6.07 Å². The van der Waals surface area contributed by atoms with Gasteiger partial charge in [-0.2, -0.15) is 0 Å². The van der Waals surface area contributed by atoms with Gasteiger partial charge in [0.25, 0.3) is 0 Å². The van der Waals surface area contributed by atoms with Gasteiger partial charge in [0.2, 0.25) is 0 Å². The maximum absolute atomic E-state index is 9.27. The Hall–Kier alpha value is -1.98. The summed E-state index contributed by atoms with van der Waals surface area (Å²) in [5.41, 5.74) is 2.85. The zero-order chi connectivity index (χ0) is 14.7. The van der Waals surface area contributed by atoms with E-state index in [4.69, 9.17) is 0 Å². The van der Waals surface area contributed by atoms with E-state index in [1.807, 2.05) is 24.3 Å².